The van der Waals surface area contributed by atoms with Crippen LogP contribution in [0.1, 0.15) is 16.8 Å². The van der Waals surface area contributed by atoms with Crippen LogP contribution in [0.2, 0.25) is 0 Å². The third kappa shape index (κ3) is 3.26. The van der Waals surface area contributed by atoms with E-state index in [0.717, 1.165) is 35.4 Å². The van der Waals surface area contributed by atoms with Gasteiger partial charge < -0.3 is 0 Å². The van der Waals surface area contributed by atoms with E-state index in [1.165, 1.54) is 22.8 Å². The Morgan fingerprint density at radius 1 is 0.941 bits per heavy atom. The lowest BCUT2D eigenvalue weighted by Crippen LogP contribution is -2.18. The average molecular weight is 456 g/mol. The second kappa shape index (κ2) is 7.34. The molecule has 0 radical (unpaired) electrons. The van der Waals surface area contributed by atoms with Gasteiger partial charge in [0, 0.05) is 41.5 Å². The highest BCUT2D eigenvalue weighted by molar-refractivity contribution is 6.02. The highest BCUT2D eigenvalue weighted by Gasteiger charge is 2.30. The van der Waals surface area contributed by atoms with Crippen LogP contribution in [0, 0.1) is 0 Å². The number of fused-ring (bicyclic) bond motifs is 4. The standard InChI is InChI=1S/C26H15F3N4O/c27-26(28,29)18-4-2-5-19(12-18)33-23(34)10-7-16-13-31-22-9-8-21(32-24(22)25(16)33)17-11-15-3-1-6-20(15)30-14-17/h1-5,7-14H,6H2. The molecular formula is C26H15F3N4O. The van der Waals surface area contributed by atoms with Crippen molar-refractivity contribution >= 4 is 28.0 Å². The Labute approximate surface area is 190 Å². The van der Waals surface area contributed by atoms with Crippen molar-refractivity contribution in [1.29, 1.82) is 0 Å². The lowest BCUT2D eigenvalue weighted by molar-refractivity contribution is -0.137. The minimum absolute atomic E-state index is 0.106. The first-order chi connectivity index (χ1) is 16.4. The van der Waals surface area contributed by atoms with Gasteiger partial charge >= 0.3 is 6.18 Å². The Bertz CT molecular complexity index is 1700. The van der Waals surface area contributed by atoms with E-state index in [0.29, 0.717) is 27.6 Å². The first kappa shape index (κ1) is 20.3. The number of nitrogens with zero attached hydrogens (tertiary/aromatic N) is 4. The number of rotatable bonds is 2. The summed E-state index contributed by atoms with van der Waals surface area (Å²) in [6.45, 7) is 0. The highest BCUT2D eigenvalue weighted by Crippen LogP contribution is 2.32. The van der Waals surface area contributed by atoms with Crippen LogP contribution in [0.15, 0.2) is 77.9 Å². The molecule has 0 saturated heterocycles. The van der Waals surface area contributed by atoms with Crippen molar-refractivity contribution in [2.45, 2.75) is 12.6 Å². The zero-order valence-corrected chi connectivity index (χ0v) is 17.5. The zero-order chi connectivity index (χ0) is 23.4. The third-order valence-corrected chi connectivity index (χ3v) is 5.90. The fourth-order valence-electron chi connectivity index (χ4n) is 4.27. The molecule has 1 aromatic carbocycles. The molecule has 8 heteroatoms. The largest absolute Gasteiger partial charge is 0.416 e. The van der Waals surface area contributed by atoms with Gasteiger partial charge in [0.2, 0.25) is 0 Å². The highest BCUT2D eigenvalue weighted by atomic mass is 19.4. The quantitative estimate of drug-likeness (QED) is 0.325. The van der Waals surface area contributed by atoms with Crippen molar-refractivity contribution in [3.8, 4) is 16.9 Å². The van der Waals surface area contributed by atoms with E-state index in [-0.39, 0.29) is 5.69 Å². The van der Waals surface area contributed by atoms with Crippen molar-refractivity contribution in [3.05, 3.63) is 100 Å². The van der Waals surface area contributed by atoms with Crippen LogP contribution in [-0.2, 0) is 12.6 Å². The van der Waals surface area contributed by atoms with E-state index in [1.807, 2.05) is 24.3 Å². The second-order valence-electron chi connectivity index (χ2n) is 8.05. The molecule has 0 spiro atoms. The maximum absolute atomic E-state index is 13.4. The fraction of sp³-hybridized carbons (Fsp3) is 0.0769. The minimum Gasteiger partial charge on any atom is -0.275 e. The molecule has 0 bridgehead atoms. The first-order valence-electron chi connectivity index (χ1n) is 10.5. The van der Waals surface area contributed by atoms with Gasteiger partial charge in [-0.3, -0.25) is 19.3 Å². The number of pyridine rings is 4. The summed E-state index contributed by atoms with van der Waals surface area (Å²) in [4.78, 5) is 26.7. The molecule has 0 amide bonds. The van der Waals surface area contributed by atoms with Gasteiger partial charge in [0.05, 0.1) is 28.0 Å². The van der Waals surface area contributed by atoms with Crippen LogP contribution >= 0.6 is 0 Å². The summed E-state index contributed by atoms with van der Waals surface area (Å²) < 4.78 is 41.4. The Morgan fingerprint density at radius 2 is 1.82 bits per heavy atom. The number of allylic oxidation sites excluding steroid dienone is 1. The van der Waals surface area contributed by atoms with Crippen molar-refractivity contribution in [2.24, 2.45) is 0 Å². The van der Waals surface area contributed by atoms with Gasteiger partial charge in [0.25, 0.3) is 5.56 Å². The van der Waals surface area contributed by atoms with E-state index in [9.17, 15) is 18.0 Å². The van der Waals surface area contributed by atoms with E-state index < -0.39 is 17.3 Å². The summed E-state index contributed by atoms with van der Waals surface area (Å²) in [5, 5.41) is 0.587. The van der Waals surface area contributed by atoms with Gasteiger partial charge in [0.15, 0.2) is 0 Å². The molecule has 0 aliphatic heterocycles. The molecule has 0 saturated carbocycles. The number of hydrogen-bond acceptors (Lipinski definition) is 4. The SMILES string of the molecule is O=c1ccc2cnc3ccc(-c4cnc5c(c4)C=CC5)nc3c2n1-c1cccc(C(F)(F)F)c1. The van der Waals surface area contributed by atoms with Crippen molar-refractivity contribution in [3.63, 3.8) is 0 Å². The van der Waals surface area contributed by atoms with Gasteiger partial charge in [-0.1, -0.05) is 18.2 Å². The van der Waals surface area contributed by atoms with E-state index in [1.54, 1.807) is 24.5 Å². The molecule has 6 rings (SSSR count). The Morgan fingerprint density at radius 3 is 2.68 bits per heavy atom. The van der Waals surface area contributed by atoms with Crippen LogP contribution < -0.4 is 5.56 Å². The predicted octanol–water partition coefficient (Wildman–Crippen LogP) is 5.58. The summed E-state index contributed by atoms with van der Waals surface area (Å²) in [5.41, 5.74) is 3.60. The molecule has 34 heavy (non-hydrogen) atoms. The smallest absolute Gasteiger partial charge is 0.275 e. The van der Waals surface area contributed by atoms with Gasteiger partial charge in [-0.25, -0.2) is 4.98 Å². The van der Waals surface area contributed by atoms with E-state index >= 15 is 0 Å². The van der Waals surface area contributed by atoms with Gasteiger partial charge in [0.1, 0.15) is 5.52 Å². The van der Waals surface area contributed by atoms with Crippen molar-refractivity contribution in [2.75, 3.05) is 0 Å². The minimum atomic E-state index is -4.53. The molecule has 0 N–H and O–H groups in total. The molecule has 1 aliphatic carbocycles. The number of alkyl halides is 3. The molecule has 1 aliphatic rings. The second-order valence-corrected chi connectivity index (χ2v) is 8.05. The lowest BCUT2D eigenvalue weighted by Gasteiger charge is -2.14. The molecule has 0 fully saturated rings. The van der Waals surface area contributed by atoms with Gasteiger partial charge in [-0.2, -0.15) is 13.2 Å². The molecule has 166 valence electrons. The Hall–Kier alpha value is -4.33. The van der Waals surface area contributed by atoms with Crippen LogP contribution in [0.4, 0.5) is 13.2 Å². The van der Waals surface area contributed by atoms with Crippen molar-refractivity contribution < 1.29 is 13.2 Å². The molecule has 0 unspecified atom stereocenters. The molecule has 4 aromatic heterocycles. The van der Waals surface area contributed by atoms with Crippen molar-refractivity contribution in [1.82, 2.24) is 19.5 Å². The molecule has 4 heterocycles. The number of aromatic nitrogens is 4. The molecule has 5 nitrogen and oxygen atoms in total. The third-order valence-electron chi connectivity index (χ3n) is 5.90. The van der Waals surface area contributed by atoms with Gasteiger partial charge in [-0.05, 0) is 48.0 Å². The van der Waals surface area contributed by atoms with Crippen LogP contribution in [0.5, 0.6) is 0 Å². The lowest BCUT2D eigenvalue weighted by atomic mass is 10.1. The number of benzene rings is 1. The van der Waals surface area contributed by atoms with Gasteiger partial charge in [-0.15, -0.1) is 0 Å². The summed E-state index contributed by atoms with van der Waals surface area (Å²) >= 11 is 0. The molecule has 5 aromatic rings. The normalized spacial score (nSPS) is 13.0. The molecule has 0 atom stereocenters. The topological polar surface area (TPSA) is 60.7 Å². The zero-order valence-electron chi connectivity index (χ0n) is 17.5. The summed E-state index contributed by atoms with van der Waals surface area (Å²) in [6, 6.07) is 13.2. The maximum Gasteiger partial charge on any atom is 0.416 e. The fourth-order valence-corrected chi connectivity index (χ4v) is 4.27. The summed E-state index contributed by atoms with van der Waals surface area (Å²) in [7, 11) is 0. The summed E-state index contributed by atoms with van der Waals surface area (Å²) in [5.74, 6) is 0. The molecular weight excluding hydrogens is 441 g/mol. The summed E-state index contributed by atoms with van der Waals surface area (Å²) in [6.07, 6.45) is 3.64. The maximum atomic E-state index is 13.4. The Balaban J connectivity index is 1.64. The first-order valence-corrected chi connectivity index (χ1v) is 10.5. The average Bonchev–Trinajstić information content (AvgIpc) is 3.31. The number of hydrogen-bond donors (Lipinski definition) is 0. The van der Waals surface area contributed by atoms with Crippen LogP contribution in [0.25, 0.3) is 45.0 Å². The predicted molar refractivity (Wildman–Crippen MR) is 124 cm³/mol. The van der Waals surface area contributed by atoms with E-state index in [4.69, 9.17) is 4.98 Å². The Kier molecular flexibility index (Phi) is 4.38. The monoisotopic (exact) mass is 456 g/mol. The van der Waals surface area contributed by atoms with E-state index in [2.05, 4.69) is 9.97 Å². The number of halogens is 3. The van der Waals surface area contributed by atoms with Crippen LogP contribution in [-0.4, -0.2) is 19.5 Å². The van der Waals surface area contributed by atoms with Crippen LogP contribution in [0.3, 0.4) is 0 Å².